The van der Waals surface area contributed by atoms with Crippen molar-refractivity contribution in [3.63, 3.8) is 0 Å². The quantitative estimate of drug-likeness (QED) is 0.682. The van der Waals surface area contributed by atoms with Crippen LogP contribution in [0.4, 0.5) is 4.79 Å². The van der Waals surface area contributed by atoms with Gasteiger partial charge >= 0.3 is 6.03 Å². The minimum absolute atomic E-state index is 0.00580. The fraction of sp³-hybridized carbons (Fsp3) is 0.636. The highest BCUT2D eigenvalue weighted by molar-refractivity contribution is 5.77. The summed E-state index contributed by atoms with van der Waals surface area (Å²) in [6.45, 7) is 8.01. The summed E-state index contributed by atoms with van der Waals surface area (Å²) in [5, 5.41) is 2.98. The van der Waals surface area contributed by atoms with Crippen LogP contribution in [0.3, 0.4) is 0 Å². The first-order valence-corrected chi connectivity index (χ1v) is 10.5. The van der Waals surface area contributed by atoms with Crippen LogP contribution in [-0.4, -0.2) is 61.0 Å². The highest BCUT2D eigenvalue weighted by atomic mass is 16.2. The van der Waals surface area contributed by atoms with Gasteiger partial charge in [0, 0.05) is 45.7 Å². The van der Waals surface area contributed by atoms with Crippen molar-refractivity contribution in [2.45, 2.75) is 39.5 Å². The number of hydrogen-bond acceptors (Lipinski definition) is 3. The molecule has 28 heavy (non-hydrogen) atoms. The lowest BCUT2D eigenvalue weighted by Gasteiger charge is -2.34. The summed E-state index contributed by atoms with van der Waals surface area (Å²) in [5.74, 6) is 0.805. The molecule has 0 aliphatic carbocycles. The second kappa shape index (κ2) is 11.7. The number of carbonyl (C=O) groups excluding carboxylic acids is 2. The van der Waals surface area contributed by atoms with Gasteiger partial charge in [-0.15, -0.1) is 0 Å². The van der Waals surface area contributed by atoms with Crippen molar-refractivity contribution in [3.05, 3.63) is 35.9 Å². The average molecular weight is 389 g/mol. The third-order valence-electron chi connectivity index (χ3n) is 5.20. The van der Waals surface area contributed by atoms with E-state index in [0.717, 1.165) is 25.8 Å². The molecule has 6 heteroatoms. The number of hydrogen-bond donors (Lipinski definition) is 2. The lowest BCUT2D eigenvalue weighted by molar-refractivity contribution is -0.132. The molecule has 2 rings (SSSR count). The molecule has 1 aromatic carbocycles. The Morgan fingerprint density at radius 3 is 2.68 bits per heavy atom. The fourth-order valence-electron chi connectivity index (χ4n) is 3.62. The van der Waals surface area contributed by atoms with Crippen LogP contribution in [0, 0.1) is 11.8 Å². The minimum atomic E-state index is -0.00580. The van der Waals surface area contributed by atoms with Crippen molar-refractivity contribution in [2.24, 2.45) is 17.6 Å². The molecule has 0 aromatic heterocycles. The summed E-state index contributed by atoms with van der Waals surface area (Å²) < 4.78 is 0. The van der Waals surface area contributed by atoms with Crippen molar-refractivity contribution < 1.29 is 9.59 Å². The minimum Gasteiger partial charge on any atom is -0.341 e. The van der Waals surface area contributed by atoms with Crippen LogP contribution in [0.25, 0.3) is 0 Å². The smallest absolute Gasteiger partial charge is 0.317 e. The van der Waals surface area contributed by atoms with Crippen LogP contribution in [0.5, 0.6) is 0 Å². The van der Waals surface area contributed by atoms with E-state index in [1.807, 2.05) is 28.0 Å². The van der Waals surface area contributed by atoms with E-state index < -0.39 is 0 Å². The Balaban J connectivity index is 1.84. The standard InChI is InChI=1S/C22H36N4O2/c1-18(2)16-24-22(28)26-12-6-9-20(17-26)15-21(27)25(14-11-23)13-10-19-7-4-3-5-8-19/h3-5,7-8,18,20H,6,9-17,23H2,1-2H3,(H,24,28). The Hall–Kier alpha value is -2.08. The highest BCUT2D eigenvalue weighted by Gasteiger charge is 2.26. The molecular formula is C22H36N4O2. The van der Waals surface area contributed by atoms with Gasteiger partial charge in [-0.3, -0.25) is 4.79 Å². The third kappa shape index (κ3) is 7.50. The van der Waals surface area contributed by atoms with Crippen molar-refractivity contribution in [1.82, 2.24) is 15.1 Å². The molecule has 0 bridgehead atoms. The molecule has 1 unspecified atom stereocenters. The first-order valence-electron chi connectivity index (χ1n) is 10.5. The monoisotopic (exact) mass is 388 g/mol. The van der Waals surface area contributed by atoms with Crippen LogP contribution < -0.4 is 11.1 Å². The van der Waals surface area contributed by atoms with Gasteiger partial charge in [-0.1, -0.05) is 44.2 Å². The number of carbonyl (C=O) groups is 2. The van der Waals surface area contributed by atoms with Crippen LogP contribution in [0.1, 0.15) is 38.7 Å². The highest BCUT2D eigenvalue weighted by Crippen LogP contribution is 2.21. The molecule has 0 saturated carbocycles. The lowest BCUT2D eigenvalue weighted by atomic mass is 9.94. The van der Waals surface area contributed by atoms with Crippen LogP contribution in [0.15, 0.2) is 30.3 Å². The van der Waals surface area contributed by atoms with Gasteiger partial charge in [0.15, 0.2) is 0 Å². The molecule has 1 saturated heterocycles. The molecule has 156 valence electrons. The van der Waals surface area contributed by atoms with Gasteiger partial charge in [0.25, 0.3) is 0 Å². The number of likely N-dealkylation sites (tertiary alicyclic amines) is 1. The predicted octanol–water partition coefficient (Wildman–Crippen LogP) is 2.48. The van der Waals surface area contributed by atoms with E-state index in [2.05, 4.69) is 31.3 Å². The zero-order valence-electron chi connectivity index (χ0n) is 17.4. The first-order chi connectivity index (χ1) is 13.5. The predicted molar refractivity (Wildman–Crippen MR) is 113 cm³/mol. The van der Waals surface area contributed by atoms with Gasteiger partial charge in [-0.2, -0.15) is 0 Å². The summed E-state index contributed by atoms with van der Waals surface area (Å²) in [6.07, 6.45) is 3.27. The molecule has 0 spiro atoms. The Kier molecular flexibility index (Phi) is 9.28. The molecule has 1 aromatic rings. The zero-order chi connectivity index (χ0) is 20.4. The number of benzene rings is 1. The van der Waals surface area contributed by atoms with Gasteiger partial charge < -0.3 is 20.9 Å². The number of amides is 3. The molecule has 6 nitrogen and oxygen atoms in total. The second-order valence-corrected chi connectivity index (χ2v) is 8.14. The van der Waals surface area contributed by atoms with E-state index in [1.54, 1.807) is 0 Å². The molecule has 0 radical (unpaired) electrons. The number of rotatable bonds is 9. The Bertz CT molecular complexity index is 606. The maximum atomic E-state index is 12.9. The molecule has 1 aliphatic rings. The first kappa shape index (κ1) is 22.2. The van der Waals surface area contributed by atoms with Gasteiger partial charge in [-0.05, 0) is 36.7 Å². The van der Waals surface area contributed by atoms with Crippen LogP contribution >= 0.6 is 0 Å². The zero-order valence-corrected chi connectivity index (χ0v) is 17.4. The topological polar surface area (TPSA) is 78.7 Å². The molecule has 1 heterocycles. The van der Waals surface area contributed by atoms with Gasteiger partial charge in [-0.25, -0.2) is 4.79 Å². The van der Waals surface area contributed by atoms with E-state index in [9.17, 15) is 9.59 Å². The number of piperidine rings is 1. The number of nitrogens with two attached hydrogens (primary N) is 1. The molecule has 3 amide bonds. The van der Waals surface area contributed by atoms with E-state index in [-0.39, 0.29) is 17.9 Å². The summed E-state index contributed by atoms with van der Waals surface area (Å²) in [6, 6.07) is 10.2. The SMILES string of the molecule is CC(C)CNC(=O)N1CCCC(CC(=O)N(CCN)CCc2ccccc2)C1. The maximum Gasteiger partial charge on any atom is 0.317 e. The fourth-order valence-corrected chi connectivity index (χ4v) is 3.62. The van der Waals surface area contributed by atoms with Crippen LogP contribution in [0.2, 0.25) is 0 Å². The number of nitrogens with one attached hydrogen (secondary N) is 1. The van der Waals surface area contributed by atoms with Crippen LogP contribution in [-0.2, 0) is 11.2 Å². The number of urea groups is 1. The largest absolute Gasteiger partial charge is 0.341 e. The van der Waals surface area contributed by atoms with Crippen molar-refractivity contribution in [2.75, 3.05) is 39.3 Å². The second-order valence-electron chi connectivity index (χ2n) is 8.14. The molecular weight excluding hydrogens is 352 g/mol. The Morgan fingerprint density at radius 1 is 1.25 bits per heavy atom. The van der Waals surface area contributed by atoms with E-state index >= 15 is 0 Å². The third-order valence-corrected chi connectivity index (χ3v) is 5.20. The van der Waals surface area contributed by atoms with Crippen molar-refractivity contribution >= 4 is 11.9 Å². The maximum absolute atomic E-state index is 12.9. The normalized spacial score (nSPS) is 16.9. The van der Waals surface area contributed by atoms with E-state index in [1.165, 1.54) is 5.56 Å². The average Bonchev–Trinajstić information content (AvgIpc) is 2.70. The van der Waals surface area contributed by atoms with Gasteiger partial charge in [0.05, 0.1) is 0 Å². The summed E-state index contributed by atoms with van der Waals surface area (Å²) in [4.78, 5) is 28.9. The van der Waals surface area contributed by atoms with Crippen molar-refractivity contribution in [1.29, 1.82) is 0 Å². The Morgan fingerprint density at radius 2 is 2.00 bits per heavy atom. The summed E-state index contributed by atoms with van der Waals surface area (Å²) in [5.41, 5.74) is 6.96. The summed E-state index contributed by atoms with van der Waals surface area (Å²) >= 11 is 0. The van der Waals surface area contributed by atoms with Crippen molar-refractivity contribution in [3.8, 4) is 0 Å². The van der Waals surface area contributed by atoms with Gasteiger partial charge in [0.2, 0.25) is 5.91 Å². The summed E-state index contributed by atoms with van der Waals surface area (Å²) in [7, 11) is 0. The number of nitrogens with zero attached hydrogens (tertiary/aromatic N) is 2. The molecule has 1 atom stereocenters. The van der Waals surface area contributed by atoms with E-state index in [0.29, 0.717) is 45.1 Å². The molecule has 1 aliphatic heterocycles. The lowest BCUT2D eigenvalue weighted by Crippen LogP contribution is -2.47. The molecule has 1 fully saturated rings. The molecule has 3 N–H and O–H groups in total. The van der Waals surface area contributed by atoms with Gasteiger partial charge in [0.1, 0.15) is 0 Å². The van der Waals surface area contributed by atoms with E-state index in [4.69, 9.17) is 5.73 Å². The Labute approximate surface area is 169 Å².